The SMILES string of the molecule is CC[C@@H]1C(C(=O)NC(N)=NCCCCCCNC(N)=NC)O[C@@H](OC[C@@H]2C(C(=O)O)O[C@@H](OC)C(O)[C@@H]2O)C(O)[C@@H]1O. The number of carbonyl (C=O) groups excluding carboxylic acids is 1. The van der Waals surface area contributed by atoms with Crippen LogP contribution in [-0.4, -0.2) is 132 Å². The van der Waals surface area contributed by atoms with Gasteiger partial charge in [-0.15, -0.1) is 0 Å². The highest BCUT2D eigenvalue weighted by molar-refractivity contribution is 5.98. The van der Waals surface area contributed by atoms with Gasteiger partial charge in [0.25, 0.3) is 5.91 Å². The van der Waals surface area contributed by atoms with Crippen LogP contribution in [0.1, 0.15) is 39.0 Å². The molecule has 17 heteroatoms. The van der Waals surface area contributed by atoms with Crippen LogP contribution in [0.15, 0.2) is 9.98 Å². The second-order valence-corrected chi connectivity index (χ2v) is 10.2. The maximum absolute atomic E-state index is 13.0. The van der Waals surface area contributed by atoms with Crippen LogP contribution >= 0.6 is 0 Å². The molecule has 11 N–H and O–H groups in total. The Balaban J connectivity index is 1.94. The van der Waals surface area contributed by atoms with E-state index in [-0.39, 0.29) is 12.4 Å². The van der Waals surface area contributed by atoms with E-state index in [2.05, 4.69) is 20.6 Å². The standard InChI is InChI=1S/C25H46N6O11/c1-4-12-14(32)17(35)23(40-11-13-15(33)16(34)22(39-3)42-19(13)21(37)38)41-18(12)20(36)31-25(27)30-10-8-6-5-7-9-29-24(26)28-2/h12-19,22-23,32-35H,4-11H2,1-3H3,(H,37,38)(H3,26,28,29)(H3,27,30,31,36)/t12-,13-,14+,15+,16?,17?,18?,19?,22+,23+/m0/s1. The fourth-order valence-electron chi connectivity index (χ4n) is 4.84. The Bertz CT molecular complexity index is 925. The Hall–Kier alpha value is -2.64. The second-order valence-electron chi connectivity index (χ2n) is 10.2. The third kappa shape index (κ3) is 9.70. The number of nitrogens with zero attached hydrogens (tertiary/aromatic N) is 2. The van der Waals surface area contributed by atoms with Gasteiger partial charge in [-0.1, -0.05) is 19.8 Å². The third-order valence-electron chi connectivity index (χ3n) is 7.30. The average Bonchev–Trinajstić information content (AvgIpc) is 2.96. The van der Waals surface area contributed by atoms with Crippen molar-refractivity contribution in [3.63, 3.8) is 0 Å². The van der Waals surface area contributed by atoms with E-state index in [1.54, 1.807) is 14.0 Å². The number of aliphatic hydroxyl groups is 4. The molecule has 0 aromatic heterocycles. The number of aliphatic hydroxyl groups excluding tert-OH is 4. The molecular formula is C25H46N6O11. The largest absolute Gasteiger partial charge is 0.479 e. The van der Waals surface area contributed by atoms with Crippen molar-refractivity contribution in [3.05, 3.63) is 0 Å². The van der Waals surface area contributed by atoms with Crippen molar-refractivity contribution in [2.45, 2.75) is 88.2 Å². The summed E-state index contributed by atoms with van der Waals surface area (Å²) >= 11 is 0. The molecule has 42 heavy (non-hydrogen) atoms. The highest BCUT2D eigenvalue weighted by atomic mass is 16.7. The summed E-state index contributed by atoms with van der Waals surface area (Å²) < 4.78 is 21.3. The van der Waals surface area contributed by atoms with Crippen LogP contribution in [0.2, 0.25) is 0 Å². The summed E-state index contributed by atoms with van der Waals surface area (Å²) in [5, 5.41) is 57.0. The number of hydrogen-bond donors (Lipinski definition) is 9. The minimum atomic E-state index is -1.63. The molecule has 10 atom stereocenters. The topological polar surface area (TPSA) is 273 Å². The smallest absolute Gasteiger partial charge is 0.333 e. The minimum Gasteiger partial charge on any atom is -0.479 e. The van der Waals surface area contributed by atoms with Crippen molar-refractivity contribution in [2.24, 2.45) is 33.3 Å². The van der Waals surface area contributed by atoms with Gasteiger partial charge in [0.1, 0.15) is 18.3 Å². The van der Waals surface area contributed by atoms with Gasteiger partial charge in [0, 0.05) is 39.1 Å². The van der Waals surface area contributed by atoms with E-state index in [0.29, 0.717) is 19.0 Å². The van der Waals surface area contributed by atoms with Crippen molar-refractivity contribution < 1.29 is 54.1 Å². The number of aliphatic carboxylic acids is 1. The molecule has 2 saturated heterocycles. The molecule has 2 rings (SSSR count). The first-order valence-corrected chi connectivity index (χ1v) is 13.9. The van der Waals surface area contributed by atoms with Crippen molar-refractivity contribution >= 4 is 23.8 Å². The molecule has 2 heterocycles. The molecule has 17 nitrogen and oxygen atoms in total. The summed E-state index contributed by atoms with van der Waals surface area (Å²) in [7, 11) is 2.78. The normalized spacial score (nSPS) is 34.2. The molecule has 242 valence electrons. The van der Waals surface area contributed by atoms with Crippen LogP contribution in [0, 0.1) is 11.8 Å². The number of nitrogens with one attached hydrogen (secondary N) is 2. The lowest BCUT2D eigenvalue weighted by Gasteiger charge is -2.43. The fourth-order valence-corrected chi connectivity index (χ4v) is 4.84. The first-order valence-electron chi connectivity index (χ1n) is 13.9. The number of unbranched alkanes of at least 4 members (excludes halogenated alkanes) is 3. The zero-order chi connectivity index (χ0) is 31.4. The molecule has 0 aromatic carbocycles. The number of hydrogen-bond acceptors (Lipinski definition) is 12. The highest BCUT2D eigenvalue weighted by Crippen LogP contribution is 2.32. The van der Waals surface area contributed by atoms with E-state index in [1.807, 2.05) is 0 Å². The molecule has 0 aromatic rings. The number of methoxy groups -OCH3 is 1. The molecule has 0 aliphatic carbocycles. The molecule has 2 aliphatic rings. The number of amides is 1. The molecule has 0 spiro atoms. The second kappa shape index (κ2) is 17.5. The van der Waals surface area contributed by atoms with Crippen molar-refractivity contribution in [2.75, 3.05) is 33.9 Å². The van der Waals surface area contributed by atoms with E-state index in [0.717, 1.165) is 25.7 Å². The van der Waals surface area contributed by atoms with Gasteiger partial charge in [-0.2, -0.15) is 0 Å². The lowest BCUT2D eigenvalue weighted by Crippen LogP contribution is -2.61. The average molecular weight is 607 g/mol. The summed E-state index contributed by atoms with van der Waals surface area (Å²) in [4.78, 5) is 32.7. The number of carboxylic acid groups (broad SMARTS) is 1. The fraction of sp³-hybridized carbons (Fsp3) is 0.840. The van der Waals surface area contributed by atoms with Crippen LogP contribution in [0.3, 0.4) is 0 Å². The van der Waals surface area contributed by atoms with Gasteiger partial charge in [0.2, 0.25) is 0 Å². The van der Waals surface area contributed by atoms with Crippen LogP contribution in [0.5, 0.6) is 0 Å². The van der Waals surface area contributed by atoms with Crippen molar-refractivity contribution in [1.29, 1.82) is 0 Å². The number of carboxylic acids is 1. The molecule has 2 fully saturated rings. The van der Waals surface area contributed by atoms with Crippen LogP contribution in [-0.2, 0) is 28.5 Å². The van der Waals surface area contributed by atoms with Crippen LogP contribution in [0.4, 0.5) is 0 Å². The summed E-state index contributed by atoms with van der Waals surface area (Å²) in [5.74, 6) is -4.03. The maximum atomic E-state index is 13.0. The predicted molar refractivity (Wildman–Crippen MR) is 148 cm³/mol. The Kier molecular flexibility index (Phi) is 14.8. The van der Waals surface area contributed by atoms with Gasteiger partial charge in [-0.05, 0) is 19.3 Å². The van der Waals surface area contributed by atoms with E-state index in [4.69, 9.17) is 30.4 Å². The number of guanidine groups is 2. The number of rotatable bonds is 14. The monoisotopic (exact) mass is 606 g/mol. The van der Waals surface area contributed by atoms with Crippen LogP contribution < -0.4 is 22.1 Å². The van der Waals surface area contributed by atoms with E-state index in [9.17, 15) is 35.1 Å². The van der Waals surface area contributed by atoms with Crippen LogP contribution in [0.25, 0.3) is 0 Å². The summed E-state index contributed by atoms with van der Waals surface area (Å²) in [6.07, 6.45) is -8.43. The maximum Gasteiger partial charge on any atom is 0.333 e. The number of aliphatic imine (C=N–C) groups is 2. The molecular weight excluding hydrogens is 560 g/mol. The third-order valence-corrected chi connectivity index (χ3v) is 7.30. The van der Waals surface area contributed by atoms with E-state index >= 15 is 0 Å². The lowest BCUT2D eigenvalue weighted by atomic mass is 9.86. The van der Waals surface area contributed by atoms with E-state index in [1.165, 1.54) is 7.11 Å². The van der Waals surface area contributed by atoms with E-state index < -0.39 is 79.5 Å². The predicted octanol–water partition coefficient (Wildman–Crippen LogP) is -3.20. The van der Waals surface area contributed by atoms with Crippen molar-refractivity contribution in [3.8, 4) is 0 Å². The minimum absolute atomic E-state index is 0.140. The highest BCUT2D eigenvalue weighted by Gasteiger charge is 2.50. The van der Waals surface area contributed by atoms with Gasteiger partial charge in [0.05, 0.1) is 18.8 Å². The molecule has 0 saturated carbocycles. The summed E-state index contributed by atoms with van der Waals surface area (Å²) in [6, 6.07) is 0. The number of ether oxygens (including phenoxy) is 4. The first kappa shape index (κ1) is 35.6. The number of nitrogens with two attached hydrogens (primary N) is 2. The zero-order valence-electron chi connectivity index (χ0n) is 24.2. The molecule has 0 radical (unpaired) electrons. The van der Waals surface area contributed by atoms with Gasteiger partial charge >= 0.3 is 5.97 Å². The van der Waals surface area contributed by atoms with Crippen molar-refractivity contribution in [1.82, 2.24) is 10.6 Å². The quantitative estimate of drug-likeness (QED) is 0.0535. The molecule has 0 bridgehead atoms. The van der Waals surface area contributed by atoms with Gasteiger partial charge < -0.3 is 61.3 Å². The summed E-state index contributed by atoms with van der Waals surface area (Å²) in [5.41, 5.74) is 11.4. The molecule has 4 unspecified atom stereocenters. The molecule has 2 aliphatic heterocycles. The Labute approximate surface area is 244 Å². The first-order chi connectivity index (χ1) is 20.0. The zero-order valence-corrected chi connectivity index (χ0v) is 24.2. The van der Waals surface area contributed by atoms with Gasteiger partial charge in [0.15, 0.2) is 30.6 Å². The summed E-state index contributed by atoms with van der Waals surface area (Å²) in [6.45, 7) is 2.22. The number of carbonyl (C=O) groups is 2. The Morgan fingerprint density at radius 1 is 0.881 bits per heavy atom. The Morgan fingerprint density at radius 2 is 1.50 bits per heavy atom. The van der Waals surface area contributed by atoms with Gasteiger partial charge in [-0.3, -0.25) is 20.1 Å². The van der Waals surface area contributed by atoms with Gasteiger partial charge in [-0.25, -0.2) is 4.79 Å². The lowest BCUT2D eigenvalue weighted by molar-refractivity contribution is -0.307. The Morgan fingerprint density at radius 3 is 2.12 bits per heavy atom. The molecule has 1 amide bonds.